The molecule has 3 aromatic rings. The summed E-state index contributed by atoms with van der Waals surface area (Å²) < 4.78 is 66.3. The Morgan fingerprint density at radius 1 is 0.900 bits per heavy atom. The minimum absolute atomic E-state index is 0.0149. The van der Waals surface area contributed by atoms with E-state index in [2.05, 4.69) is 10.2 Å². The molecule has 212 valence electrons. The molecule has 0 bridgehead atoms. The number of hydrogen-bond donors (Lipinski definition) is 1. The second-order valence-corrected chi connectivity index (χ2v) is 11.1. The highest BCUT2D eigenvalue weighted by Crippen LogP contribution is 2.39. The molecule has 5 rings (SSSR count). The predicted octanol–water partition coefficient (Wildman–Crippen LogP) is 7.31. The third-order valence-corrected chi connectivity index (χ3v) is 8.38. The molecule has 1 aliphatic carbocycles. The van der Waals surface area contributed by atoms with Crippen LogP contribution < -0.4 is 5.32 Å². The molecule has 40 heavy (non-hydrogen) atoms. The van der Waals surface area contributed by atoms with Crippen molar-refractivity contribution in [1.29, 1.82) is 0 Å². The molecule has 3 atom stereocenters. The van der Waals surface area contributed by atoms with Gasteiger partial charge in [-0.05, 0) is 84.5 Å². The van der Waals surface area contributed by atoms with E-state index >= 15 is 0 Å². The van der Waals surface area contributed by atoms with Crippen LogP contribution in [-0.2, 0) is 17.5 Å². The Balaban J connectivity index is 1.14. The van der Waals surface area contributed by atoms with Crippen LogP contribution >= 0.6 is 0 Å². The lowest BCUT2D eigenvalue weighted by Crippen LogP contribution is -2.39. The number of carbonyl (C=O) groups is 1. The maximum absolute atomic E-state index is 13.5. The van der Waals surface area contributed by atoms with Crippen LogP contribution in [0.15, 0.2) is 72.8 Å². The lowest BCUT2D eigenvalue weighted by molar-refractivity contribution is -0.137. The number of likely N-dealkylation sites (tertiary alicyclic amines) is 1. The van der Waals surface area contributed by atoms with Gasteiger partial charge in [-0.15, -0.1) is 0 Å². The van der Waals surface area contributed by atoms with Crippen LogP contribution in [0.1, 0.15) is 60.3 Å². The highest BCUT2D eigenvalue weighted by Gasteiger charge is 2.43. The summed E-state index contributed by atoms with van der Waals surface area (Å²) in [7, 11) is 0. The fraction of sp³-hybridized carbons (Fsp3) is 0.406. The van der Waals surface area contributed by atoms with E-state index in [-0.39, 0.29) is 29.5 Å². The zero-order valence-electron chi connectivity index (χ0n) is 22.1. The van der Waals surface area contributed by atoms with Crippen LogP contribution in [0.25, 0.3) is 0 Å². The highest BCUT2D eigenvalue weighted by molar-refractivity contribution is 5.76. The van der Waals surface area contributed by atoms with Crippen LogP contribution in [0.3, 0.4) is 0 Å². The molecular formula is C32H33F5N2O. The normalized spacial score (nSPS) is 21.1. The second-order valence-electron chi connectivity index (χ2n) is 11.1. The van der Waals surface area contributed by atoms with Gasteiger partial charge in [-0.2, -0.15) is 13.2 Å². The summed E-state index contributed by atoms with van der Waals surface area (Å²) in [4.78, 5) is 15.1. The van der Waals surface area contributed by atoms with Crippen LogP contribution in [0, 0.1) is 23.5 Å². The van der Waals surface area contributed by atoms with E-state index in [4.69, 9.17) is 0 Å². The molecule has 3 aromatic carbocycles. The van der Waals surface area contributed by atoms with Gasteiger partial charge in [0, 0.05) is 38.0 Å². The molecule has 1 heterocycles. The van der Waals surface area contributed by atoms with Gasteiger partial charge < -0.3 is 5.32 Å². The zero-order chi connectivity index (χ0) is 28.3. The number of fused-ring (bicyclic) bond motifs is 1. The molecule has 3 nitrogen and oxygen atoms in total. The molecule has 0 spiro atoms. The van der Waals surface area contributed by atoms with Crippen molar-refractivity contribution in [2.24, 2.45) is 11.8 Å². The van der Waals surface area contributed by atoms with Gasteiger partial charge in [-0.1, -0.05) is 42.5 Å². The first-order valence-corrected chi connectivity index (χ1v) is 13.8. The van der Waals surface area contributed by atoms with Crippen molar-refractivity contribution < 1.29 is 26.7 Å². The summed E-state index contributed by atoms with van der Waals surface area (Å²) in [5, 5.41) is 3.22. The maximum atomic E-state index is 13.5. The molecule has 1 saturated carbocycles. The van der Waals surface area contributed by atoms with E-state index in [9.17, 15) is 26.7 Å². The minimum atomic E-state index is -4.36. The molecule has 0 unspecified atom stereocenters. The Labute approximate surface area is 231 Å². The number of benzene rings is 3. The third kappa shape index (κ3) is 6.89. The highest BCUT2D eigenvalue weighted by atomic mass is 19.4. The van der Waals surface area contributed by atoms with Gasteiger partial charge in [0.1, 0.15) is 11.6 Å². The zero-order valence-corrected chi connectivity index (χ0v) is 22.1. The Morgan fingerprint density at radius 2 is 1.55 bits per heavy atom. The van der Waals surface area contributed by atoms with E-state index in [0.717, 1.165) is 43.1 Å². The number of carbonyl (C=O) groups excluding carboxylic acids is 1. The van der Waals surface area contributed by atoms with Crippen molar-refractivity contribution in [3.8, 4) is 0 Å². The van der Waals surface area contributed by atoms with Gasteiger partial charge in [-0.25, -0.2) is 8.78 Å². The number of alkyl halides is 3. The topological polar surface area (TPSA) is 32.3 Å². The van der Waals surface area contributed by atoms with E-state index in [0.29, 0.717) is 43.2 Å². The molecule has 0 aromatic heterocycles. The number of halogens is 5. The fourth-order valence-electron chi connectivity index (χ4n) is 6.43. The standard InChI is InChI=1S/C32H33F5N2O/c33-26-12-7-22(8-13-26)28(23-9-14-27(34)15-10-23)5-2-6-31(40)38-30-16-11-24-19-39(20-29(24)30)18-21-3-1-4-25(17-21)32(35,36)37/h1,3-4,7-10,12-15,17,24,28-30H,2,5-6,11,16,18-20H2,(H,38,40)/t24-,29+,30+/m0/s1. The predicted molar refractivity (Wildman–Crippen MR) is 143 cm³/mol. The number of nitrogens with one attached hydrogen (secondary N) is 1. The van der Waals surface area contributed by atoms with Crippen molar-refractivity contribution >= 4 is 5.91 Å². The Morgan fingerprint density at radius 3 is 2.17 bits per heavy atom. The number of nitrogens with zero attached hydrogens (tertiary/aromatic N) is 1. The van der Waals surface area contributed by atoms with Crippen molar-refractivity contribution in [3.63, 3.8) is 0 Å². The van der Waals surface area contributed by atoms with E-state index in [1.54, 1.807) is 30.3 Å². The lowest BCUT2D eigenvalue weighted by Gasteiger charge is -2.22. The first-order valence-electron chi connectivity index (χ1n) is 13.8. The Kier molecular flexibility index (Phi) is 8.54. The summed E-state index contributed by atoms with van der Waals surface area (Å²) >= 11 is 0. The second kappa shape index (κ2) is 12.1. The van der Waals surface area contributed by atoms with Crippen molar-refractivity contribution in [1.82, 2.24) is 10.2 Å². The lowest BCUT2D eigenvalue weighted by atomic mass is 9.87. The van der Waals surface area contributed by atoms with Gasteiger partial charge >= 0.3 is 6.18 Å². The Bertz CT molecular complexity index is 1250. The molecule has 1 amide bonds. The van der Waals surface area contributed by atoms with Crippen molar-refractivity contribution in [3.05, 3.63) is 107 Å². The van der Waals surface area contributed by atoms with Gasteiger partial charge in [0.2, 0.25) is 5.91 Å². The number of amides is 1. The maximum Gasteiger partial charge on any atom is 0.416 e. The molecule has 0 radical (unpaired) electrons. The average molecular weight is 557 g/mol. The van der Waals surface area contributed by atoms with Crippen LogP contribution in [0.4, 0.5) is 22.0 Å². The van der Waals surface area contributed by atoms with Gasteiger partial charge in [0.25, 0.3) is 0 Å². The Hall–Kier alpha value is -3.26. The molecular weight excluding hydrogens is 523 g/mol. The quantitative estimate of drug-likeness (QED) is 0.280. The van der Waals surface area contributed by atoms with Gasteiger partial charge in [0.15, 0.2) is 0 Å². The molecule has 1 N–H and O–H groups in total. The molecule has 8 heteroatoms. The van der Waals surface area contributed by atoms with Gasteiger partial charge in [-0.3, -0.25) is 9.69 Å². The van der Waals surface area contributed by atoms with E-state index < -0.39 is 11.7 Å². The van der Waals surface area contributed by atoms with Crippen LogP contribution in [-0.4, -0.2) is 29.9 Å². The molecule has 2 fully saturated rings. The fourth-order valence-corrected chi connectivity index (χ4v) is 6.43. The third-order valence-electron chi connectivity index (χ3n) is 8.38. The number of rotatable bonds is 9. The summed E-state index contributed by atoms with van der Waals surface area (Å²) in [6, 6.07) is 18.1. The smallest absolute Gasteiger partial charge is 0.353 e. The number of hydrogen-bond acceptors (Lipinski definition) is 2. The van der Waals surface area contributed by atoms with Gasteiger partial charge in [0.05, 0.1) is 5.56 Å². The van der Waals surface area contributed by atoms with Crippen molar-refractivity contribution in [2.75, 3.05) is 13.1 Å². The van der Waals surface area contributed by atoms with Crippen LogP contribution in [0.2, 0.25) is 0 Å². The van der Waals surface area contributed by atoms with E-state index in [1.807, 2.05) is 0 Å². The monoisotopic (exact) mass is 556 g/mol. The summed E-state index contributed by atoms with van der Waals surface area (Å²) in [6.07, 6.45) is -0.830. The minimum Gasteiger partial charge on any atom is -0.353 e. The van der Waals surface area contributed by atoms with E-state index in [1.165, 1.54) is 36.4 Å². The SMILES string of the molecule is O=C(CCCC(c1ccc(F)cc1)c1ccc(F)cc1)N[C@@H]1CC[C@H]2CN(Cc3cccc(C(F)(F)F)c3)C[C@H]21. The first-order chi connectivity index (χ1) is 19.2. The van der Waals surface area contributed by atoms with Crippen molar-refractivity contribution in [2.45, 2.75) is 56.8 Å². The largest absolute Gasteiger partial charge is 0.416 e. The molecule has 1 saturated heterocycles. The summed E-state index contributed by atoms with van der Waals surface area (Å²) in [6.45, 7) is 2.04. The summed E-state index contributed by atoms with van der Waals surface area (Å²) in [5.41, 5.74) is 1.85. The molecule has 2 aliphatic rings. The van der Waals surface area contributed by atoms with Crippen LogP contribution in [0.5, 0.6) is 0 Å². The first kappa shape index (κ1) is 28.3. The molecule has 1 aliphatic heterocycles. The average Bonchev–Trinajstić information content (AvgIpc) is 3.48. The summed E-state index contributed by atoms with van der Waals surface area (Å²) in [5.74, 6) is -0.0197.